The first-order chi connectivity index (χ1) is 17.2. The molecule has 0 aliphatic carbocycles. The fourth-order valence-corrected chi connectivity index (χ4v) is 4.53. The van der Waals surface area contributed by atoms with Gasteiger partial charge in [-0.3, -0.25) is 9.69 Å². The predicted molar refractivity (Wildman–Crippen MR) is 127 cm³/mol. The maximum atomic E-state index is 13.4. The summed E-state index contributed by atoms with van der Waals surface area (Å²) in [5.74, 6) is -0.541. The highest BCUT2D eigenvalue weighted by Gasteiger charge is 2.38. The second-order valence-corrected chi connectivity index (χ2v) is 9.24. The van der Waals surface area contributed by atoms with Crippen LogP contribution in [-0.4, -0.2) is 29.9 Å². The summed E-state index contributed by atoms with van der Waals surface area (Å²) in [7, 11) is 0. The van der Waals surface area contributed by atoms with Crippen molar-refractivity contribution >= 4 is 29.2 Å². The van der Waals surface area contributed by atoms with Gasteiger partial charge >= 0.3 is 18.4 Å². The summed E-state index contributed by atoms with van der Waals surface area (Å²) in [5.41, 5.74) is -2.27. The summed E-state index contributed by atoms with van der Waals surface area (Å²) in [6.45, 7) is 3.33. The lowest BCUT2D eigenvalue weighted by molar-refractivity contribution is -0.143. The molecule has 0 bridgehead atoms. The molecule has 5 nitrogen and oxygen atoms in total. The van der Waals surface area contributed by atoms with E-state index in [1.165, 1.54) is 16.7 Å². The molecule has 0 saturated heterocycles. The van der Waals surface area contributed by atoms with Crippen LogP contribution < -0.4 is 10.2 Å². The molecule has 1 atom stereocenters. The summed E-state index contributed by atoms with van der Waals surface area (Å²) in [4.78, 5) is 28.3. The fraction of sp³-hybridized carbons (Fsp3) is 0.440. The first-order valence-corrected chi connectivity index (χ1v) is 12.0. The minimum Gasteiger partial charge on any atom is -0.338 e. The maximum absolute atomic E-state index is 13.4. The minimum absolute atomic E-state index is 0.0529. The number of anilines is 1. The van der Waals surface area contributed by atoms with Crippen LogP contribution in [0.25, 0.3) is 0 Å². The Hall–Kier alpha value is -2.95. The van der Waals surface area contributed by atoms with Gasteiger partial charge < -0.3 is 10.2 Å². The number of benzene rings is 2. The number of alkyl halides is 6. The van der Waals surface area contributed by atoms with Crippen molar-refractivity contribution in [2.24, 2.45) is 0 Å². The molecule has 0 spiro atoms. The maximum Gasteiger partial charge on any atom is 0.416 e. The first-order valence-electron chi connectivity index (χ1n) is 11.6. The van der Waals surface area contributed by atoms with E-state index >= 15 is 0 Å². The monoisotopic (exact) mass is 549 g/mol. The van der Waals surface area contributed by atoms with Crippen LogP contribution in [0.15, 0.2) is 36.4 Å². The van der Waals surface area contributed by atoms with Crippen molar-refractivity contribution in [1.29, 1.82) is 0 Å². The van der Waals surface area contributed by atoms with Gasteiger partial charge in [-0.25, -0.2) is 4.79 Å². The lowest BCUT2D eigenvalue weighted by atomic mass is 9.98. The lowest BCUT2D eigenvalue weighted by Gasteiger charge is -2.32. The lowest BCUT2D eigenvalue weighted by Crippen LogP contribution is -2.41. The molecule has 1 aliphatic rings. The molecule has 0 fully saturated rings. The van der Waals surface area contributed by atoms with Crippen LogP contribution in [0.2, 0.25) is 5.02 Å². The Bertz CT molecular complexity index is 1120. The van der Waals surface area contributed by atoms with Crippen LogP contribution in [0.5, 0.6) is 0 Å². The van der Waals surface area contributed by atoms with Crippen molar-refractivity contribution in [1.82, 2.24) is 10.2 Å². The van der Waals surface area contributed by atoms with Crippen molar-refractivity contribution in [3.05, 3.63) is 63.7 Å². The van der Waals surface area contributed by atoms with E-state index in [2.05, 4.69) is 5.32 Å². The van der Waals surface area contributed by atoms with Crippen molar-refractivity contribution in [3.63, 3.8) is 0 Å². The van der Waals surface area contributed by atoms with Crippen LogP contribution >= 0.6 is 11.6 Å². The number of amides is 3. The SMILES string of the molecule is CCCNC(=O)N1CCCC(N(Cc2cc(C(F)(F)F)cc(C(F)(F)F)c2)C(C)=O)c2ccc(Cl)cc21. The van der Waals surface area contributed by atoms with Gasteiger partial charge in [0.15, 0.2) is 0 Å². The number of nitrogens with one attached hydrogen (secondary N) is 1. The van der Waals surface area contributed by atoms with E-state index in [-0.39, 0.29) is 24.2 Å². The van der Waals surface area contributed by atoms with E-state index in [1.807, 2.05) is 6.92 Å². The second-order valence-electron chi connectivity index (χ2n) is 8.81. The molecule has 1 heterocycles. The van der Waals surface area contributed by atoms with Crippen molar-refractivity contribution in [3.8, 4) is 0 Å². The fourth-order valence-electron chi connectivity index (χ4n) is 4.36. The number of hydrogen-bond donors (Lipinski definition) is 1. The van der Waals surface area contributed by atoms with E-state index in [0.29, 0.717) is 54.2 Å². The molecule has 37 heavy (non-hydrogen) atoms. The Morgan fingerprint density at radius 2 is 1.68 bits per heavy atom. The van der Waals surface area contributed by atoms with Crippen LogP contribution in [0.4, 0.5) is 36.8 Å². The highest BCUT2D eigenvalue weighted by molar-refractivity contribution is 6.31. The molecule has 2 aromatic carbocycles. The third-order valence-corrected chi connectivity index (χ3v) is 6.29. The van der Waals surface area contributed by atoms with Crippen molar-refractivity contribution < 1.29 is 35.9 Å². The van der Waals surface area contributed by atoms with Gasteiger partial charge in [0, 0.05) is 31.6 Å². The average molecular weight is 550 g/mol. The normalized spacial score (nSPS) is 16.1. The Kier molecular flexibility index (Phi) is 8.66. The van der Waals surface area contributed by atoms with Gasteiger partial charge in [-0.05, 0) is 60.7 Å². The van der Waals surface area contributed by atoms with Gasteiger partial charge in [0.25, 0.3) is 0 Å². The number of nitrogens with zero attached hydrogens (tertiary/aromatic N) is 2. The van der Waals surface area contributed by atoms with Crippen LogP contribution in [0.3, 0.4) is 0 Å². The number of fused-ring (bicyclic) bond motifs is 1. The standard InChI is InChI=1S/C25H26ClF6N3O2/c1-3-8-33-23(37)34-9-4-5-21(20-7-6-19(26)13-22(20)34)35(15(2)36)14-16-10-17(24(27,28)29)12-18(11-16)25(30,31)32/h6-7,10-13,21H,3-5,8-9,14H2,1-2H3,(H,33,37). The van der Waals surface area contributed by atoms with Gasteiger partial charge in [-0.15, -0.1) is 0 Å². The summed E-state index contributed by atoms with van der Waals surface area (Å²) in [6, 6.07) is 4.96. The van der Waals surface area contributed by atoms with E-state index in [1.54, 1.807) is 18.2 Å². The van der Waals surface area contributed by atoms with Crippen molar-refractivity contribution in [2.45, 2.75) is 58.0 Å². The summed E-state index contributed by atoms with van der Waals surface area (Å²) >= 11 is 6.19. The zero-order valence-corrected chi connectivity index (χ0v) is 20.9. The first kappa shape index (κ1) is 28.6. The number of carbonyl (C=O) groups excluding carboxylic acids is 2. The molecule has 0 radical (unpaired) electrons. The molecule has 1 unspecified atom stereocenters. The van der Waals surface area contributed by atoms with E-state index in [4.69, 9.17) is 11.6 Å². The molecule has 3 amide bonds. The number of rotatable bonds is 5. The second kappa shape index (κ2) is 11.2. The molecule has 1 N–H and O–H groups in total. The summed E-state index contributed by atoms with van der Waals surface area (Å²) < 4.78 is 80.3. The minimum atomic E-state index is -5.00. The average Bonchev–Trinajstić information content (AvgIpc) is 2.98. The number of hydrogen-bond acceptors (Lipinski definition) is 2. The van der Waals surface area contributed by atoms with E-state index in [9.17, 15) is 35.9 Å². The largest absolute Gasteiger partial charge is 0.416 e. The van der Waals surface area contributed by atoms with Gasteiger partial charge in [0.1, 0.15) is 0 Å². The molecule has 12 heteroatoms. The third kappa shape index (κ3) is 6.88. The van der Waals surface area contributed by atoms with Gasteiger partial charge in [0.05, 0.1) is 22.9 Å². The Morgan fingerprint density at radius 3 is 2.22 bits per heavy atom. The van der Waals surface area contributed by atoms with Crippen LogP contribution in [0, 0.1) is 0 Å². The van der Waals surface area contributed by atoms with Gasteiger partial charge in [-0.1, -0.05) is 24.6 Å². The highest BCUT2D eigenvalue weighted by atomic mass is 35.5. The predicted octanol–water partition coefficient (Wildman–Crippen LogP) is 7.19. The van der Waals surface area contributed by atoms with E-state index in [0.717, 1.165) is 0 Å². The smallest absolute Gasteiger partial charge is 0.338 e. The topological polar surface area (TPSA) is 52.7 Å². The summed E-state index contributed by atoms with van der Waals surface area (Å²) in [6.07, 6.45) is -8.54. The molecule has 202 valence electrons. The quantitative estimate of drug-likeness (QED) is 0.401. The number of urea groups is 1. The van der Waals surface area contributed by atoms with Crippen LogP contribution in [0.1, 0.15) is 61.4 Å². The van der Waals surface area contributed by atoms with Crippen LogP contribution in [-0.2, 0) is 23.7 Å². The molecule has 0 aromatic heterocycles. The Labute approximate surface area is 215 Å². The molecule has 2 aromatic rings. The number of halogens is 7. The van der Waals surface area contributed by atoms with Crippen molar-refractivity contribution in [2.75, 3.05) is 18.0 Å². The van der Waals surface area contributed by atoms with Gasteiger partial charge in [-0.2, -0.15) is 26.3 Å². The van der Waals surface area contributed by atoms with Gasteiger partial charge in [0.2, 0.25) is 5.91 Å². The molecule has 0 saturated carbocycles. The summed E-state index contributed by atoms with van der Waals surface area (Å²) in [5, 5.41) is 3.12. The Morgan fingerprint density at radius 1 is 1.05 bits per heavy atom. The Balaban J connectivity index is 2.06. The van der Waals surface area contributed by atoms with E-state index < -0.39 is 42.0 Å². The highest BCUT2D eigenvalue weighted by Crippen LogP contribution is 2.40. The third-order valence-electron chi connectivity index (χ3n) is 6.05. The molecule has 3 rings (SSSR count). The molecular weight excluding hydrogens is 524 g/mol. The number of carbonyl (C=O) groups is 2. The molecule has 1 aliphatic heterocycles. The molecular formula is C25H26ClF6N3O2. The zero-order valence-electron chi connectivity index (χ0n) is 20.1. The zero-order chi connectivity index (χ0) is 27.5.